The van der Waals surface area contributed by atoms with Gasteiger partial charge in [-0.2, -0.15) is 0 Å². The van der Waals surface area contributed by atoms with Gasteiger partial charge in [-0.25, -0.2) is 0 Å². The van der Waals surface area contributed by atoms with E-state index in [1.165, 1.54) is 0 Å². The molecule has 0 spiro atoms. The summed E-state index contributed by atoms with van der Waals surface area (Å²) in [5.41, 5.74) is 0. The molecule has 0 radical (unpaired) electrons. The first-order valence-corrected chi connectivity index (χ1v) is 19.3. The summed E-state index contributed by atoms with van der Waals surface area (Å²) in [5.74, 6) is 0. The molecule has 0 amide bonds. The fourth-order valence-corrected chi connectivity index (χ4v) is 0. The zero-order chi connectivity index (χ0) is 4.28. The van der Waals surface area contributed by atoms with Gasteiger partial charge in [-0.05, 0) is 0 Å². The predicted molar refractivity (Wildman–Crippen MR) is 43.5 cm³/mol. The number of hydrogen-bond donors (Lipinski definition) is 0. The monoisotopic (exact) mass is 510 g/mol. The van der Waals surface area contributed by atoms with Crippen molar-refractivity contribution in [2.45, 2.75) is 0 Å². The first-order chi connectivity index (χ1) is 2.27. The third kappa shape index (κ3) is 8.87. The molecule has 0 heterocycles. The molecule has 30 valence electrons. The fourth-order valence-electron chi connectivity index (χ4n) is 0. The Kier molecular flexibility index (Phi) is 5.18. The van der Waals surface area contributed by atoms with Crippen molar-refractivity contribution in [2.24, 2.45) is 0 Å². The van der Waals surface area contributed by atoms with Crippen LogP contribution in [0.2, 0.25) is 0 Å². The van der Waals surface area contributed by atoms with E-state index in [2.05, 4.69) is 37.2 Å². The van der Waals surface area contributed by atoms with Crippen LogP contribution in [0.5, 0.6) is 0 Å². The van der Waals surface area contributed by atoms with Gasteiger partial charge in [0.1, 0.15) is 0 Å². The van der Waals surface area contributed by atoms with E-state index in [1.54, 1.807) is 0 Å². The van der Waals surface area contributed by atoms with E-state index in [1.807, 2.05) is 0 Å². The zero-order valence-electron chi connectivity index (χ0n) is 2.51. The Labute approximate surface area is 62.2 Å². The summed E-state index contributed by atoms with van der Waals surface area (Å²) in [6.07, 6.45) is 0. The van der Waals surface area contributed by atoms with Gasteiger partial charge >= 0.3 is 64.1 Å². The SMILES string of the molecule is [2H][I-]I(I)I. The van der Waals surface area contributed by atoms with Crippen LogP contribution >= 0.6 is 45.1 Å². The van der Waals surface area contributed by atoms with E-state index in [-0.39, 0.29) is 18.4 Å². The normalized spacial score (nSPS) is 15.5. The molecule has 0 aromatic carbocycles. The fraction of sp³-hybridized carbons (Fsp3) is 0. The second kappa shape index (κ2) is 4.09. The molecule has 0 saturated carbocycles. The van der Waals surface area contributed by atoms with Crippen LogP contribution in [-0.2, 0) is 0 Å². The molecule has 0 fully saturated rings. The van der Waals surface area contributed by atoms with Crippen molar-refractivity contribution in [1.29, 1.82) is 0.594 Å². The second-order valence-corrected chi connectivity index (χ2v) is 48.9. The van der Waals surface area contributed by atoms with Gasteiger partial charge in [-0.15, -0.1) is 0 Å². The van der Waals surface area contributed by atoms with Gasteiger partial charge in [0.25, 0.3) is 0 Å². The molecule has 0 aliphatic rings. The van der Waals surface area contributed by atoms with Crippen LogP contribution in [0.3, 0.4) is 0 Å². The molecule has 4 heteroatoms. The van der Waals surface area contributed by atoms with Crippen LogP contribution in [0.15, 0.2) is 0 Å². The Morgan fingerprint density at radius 1 is 2.00 bits per heavy atom. The molecule has 0 N–H and O–H groups in total. The molecule has 0 aromatic heterocycles. The van der Waals surface area contributed by atoms with Crippen molar-refractivity contribution in [3.8, 4) is 0 Å². The van der Waals surface area contributed by atoms with E-state index >= 15 is 0 Å². The van der Waals surface area contributed by atoms with Crippen molar-refractivity contribution < 1.29 is 18.4 Å². The van der Waals surface area contributed by atoms with Crippen molar-refractivity contribution in [2.75, 3.05) is 0 Å². The van der Waals surface area contributed by atoms with Gasteiger partial charge in [-0.1, -0.05) is 0 Å². The summed E-state index contributed by atoms with van der Waals surface area (Å²) in [4.78, 5) is 0. The van der Waals surface area contributed by atoms with Gasteiger partial charge in [-0.3, -0.25) is 0 Å². The van der Waals surface area contributed by atoms with Crippen LogP contribution < -0.4 is 18.4 Å². The topological polar surface area (TPSA) is 0 Å². The molecule has 0 rings (SSSR count). The molecule has 0 nitrogen and oxygen atoms in total. The molecule has 0 aliphatic heterocycles. The van der Waals surface area contributed by atoms with Crippen LogP contribution in [-0.4, -0.2) is 0.594 Å². The summed E-state index contributed by atoms with van der Waals surface area (Å²) in [5, 5.41) is 0. The summed E-state index contributed by atoms with van der Waals surface area (Å²) >= 11 is 4.75. The van der Waals surface area contributed by atoms with E-state index < -0.39 is 7.89 Å². The quantitative estimate of drug-likeness (QED) is 0.414. The average Bonchev–Trinajstić information content (AvgIpc) is 1.38. The molecule has 0 saturated heterocycles. The standard InChI is InChI=1S/HI4/c1-4(2)3/h1H/q-1/i1D. The number of rotatable bonds is 1. The number of halogens is 4. The van der Waals surface area contributed by atoms with E-state index in [4.69, 9.17) is 0.594 Å². The molecule has 0 bridgehead atoms. The van der Waals surface area contributed by atoms with E-state index in [9.17, 15) is 0 Å². The maximum absolute atomic E-state index is 6.82. The Bertz CT molecular complexity index is 17.6. The van der Waals surface area contributed by atoms with Crippen LogP contribution in [0, 0.1) is 0 Å². The summed E-state index contributed by atoms with van der Waals surface area (Å²) in [6.45, 7) is 0. The summed E-state index contributed by atoms with van der Waals surface area (Å²) in [7, 11) is -0.565. The maximum atomic E-state index is 6.82. The average molecular weight is 510 g/mol. The van der Waals surface area contributed by atoms with Gasteiger partial charge in [0.2, 0.25) is 0 Å². The number of hydrogen-bond acceptors (Lipinski definition) is 0. The Hall–Kier alpha value is 2.92. The third-order valence-electron chi connectivity index (χ3n) is 0. The molecular formula is HI4-. The summed E-state index contributed by atoms with van der Waals surface area (Å²) in [6, 6.07) is 0. The first kappa shape index (κ1) is 5.06. The van der Waals surface area contributed by atoms with Gasteiger partial charge in [0, 0.05) is 0 Å². The summed E-state index contributed by atoms with van der Waals surface area (Å²) < 4.78 is 6.82. The zero-order valence-corrected chi connectivity index (χ0v) is 10.1. The Morgan fingerprint density at radius 3 is 2.25 bits per heavy atom. The minimum absolute atomic E-state index is 0.0722. The molecule has 0 aromatic rings. The molecule has 0 unspecified atom stereocenters. The molecule has 0 atom stereocenters. The van der Waals surface area contributed by atoms with Crippen molar-refractivity contribution >= 4 is 45.1 Å². The van der Waals surface area contributed by atoms with Gasteiger partial charge < -0.3 is 0 Å². The second-order valence-electron chi connectivity index (χ2n) is 0.162. The van der Waals surface area contributed by atoms with Crippen molar-refractivity contribution in [1.82, 2.24) is 0 Å². The van der Waals surface area contributed by atoms with E-state index in [0.29, 0.717) is 0 Å². The minimum atomic E-state index is -0.565. The van der Waals surface area contributed by atoms with Crippen LogP contribution in [0.4, 0.5) is 0 Å². The Balaban J connectivity index is 2.54. The van der Waals surface area contributed by atoms with Crippen LogP contribution in [0.25, 0.3) is 0 Å². The first-order valence-electron chi connectivity index (χ1n) is 0.807. The molecular weight excluding hydrogens is 508 g/mol. The predicted octanol–water partition coefficient (Wildman–Crippen LogP) is -0.607. The molecule has 4 heavy (non-hydrogen) atoms. The van der Waals surface area contributed by atoms with Crippen molar-refractivity contribution in [3.05, 3.63) is 0 Å². The van der Waals surface area contributed by atoms with E-state index in [0.717, 1.165) is 0 Å². The van der Waals surface area contributed by atoms with Gasteiger partial charge in [0.05, 0.1) is 0 Å². The van der Waals surface area contributed by atoms with Crippen LogP contribution in [0.1, 0.15) is 0 Å². The Morgan fingerprint density at radius 2 is 2.25 bits per heavy atom. The third-order valence-corrected chi connectivity index (χ3v) is 0. The molecule has 0 aliphatic carbocycles. The van der Waals surface area contributed by atoms with Gasteiger partial charge in [0.15, 0.2) is 0 Å². The van der Waals surface area contributed by atoms with Crippen molar-refractivity contribution in [3.63, 3.8) is 0 Å².